The molecule has 1 saturated heterocycles. The topological polar surface area (TPSA) is 53.9 Å². The number of pyridine rings is 1. The molecule has 0 atom stereocenters. The number of nitrogens with one attached hydrogen (secondary N) is 1. The second kappa shape index (κ2) is 8.28. The molecule has 2 aliphatic carbocycles. The Hall–Kier alpha value is -2.79. The third kappa shape index (κ3) is 3.79. The highest BCUT2D eigenvalue weighted by Gasteiger charge is 2.22. The second-order valence-electron chi connectivity index (χ2n) is 9.80. The first-order chi connectivity index (χ1) is 15.7. The molecule has 3 aliphatic rings. The molecule has 32 heavy (non-hydrogen) atoms. The van der Waals surface area contributed by atoms with E-state index in [0.717, 1.165) is 61.4 Å². The second-order valence-corrected chi connectivity index (χ2v) is 9.80. The molecule has 2 aromatic heterocycles. The van der Waals surface area contributed by atoms with Gasteiger partial charge in [0.15, 0.2) is 0 Å². The summed E-state index contributed by atoms with van der Waals surface area (Å²) in [5.41, 5.74) is 7.28. The van der Waals surface area contributed by atoms with Gasteiger partial charge < -0.3 is 10.2 Å². The zero-order valence-corrected chi connectivity index (χ0v) is 18.8. The molecule has 0 unspecified atom stereocenters. The molecule has 2 fully saturated rings. The molecule has 0 spiro atoms. The number of piperidine rings is 1. The summed E-state index contributed by atoms with van der Waals surface area (Å²) in [6.45, 7) is 2.26. The third-order valence-corrected chi connectivity index (χ3v) is 7.55. The average Bonchev–Trinajstić information content (AvgIpc) is 3.21. The Morgan fingerprint density at radius 1 is 1.03 bits per heavy atom. The minimum atomic E-state index is 0.470. The van der Waals surface area contributed by atoms with E-state index >= 15 is 0 Å². The lowest BCUT2D eigenvalue weighted by atomic mass is 9.82. The Morgan fingerprint density at radius 3 is 2.72 bits per heavy atom. The predicted octanol–water partition coefficient (Wildman–Crippen LogP) is 4.86. The number of likely N-dealkylation sites (tertiary alicyclic amines) is 1. The first-order valence-electron chi connectivity index (χ1n) is 12.1. The number of hydrogen-bond acceptors (Lipinski definition) is 5. The fourth-order valence-corrected chi connectivity index (χ4v) is 5.32. The van der Waals surface area contributed by atoms with Gasteiger partial charge in [-0.05, 0) is 74.7 Å². The van der Waals surface area contributed by atoms with Gasteiger partial charge in [0.1, 0.15) is 12.1 Å². The summed E-state index contributed by atoms with van der Waals surface area (Å²) < 4.78 is 0. The highest BCUT2D eigenvalue weighted by molar-refractivity contribution is 5.94. The van der Waals surface area contributed by atoms with Gasteiger partial charge in [0.25, 0.3) is 0 Å². The molecule has 1 N–H and O–H groups in total. The largest absolute Gasteiger partial charge is 0.367 e. The molecule has 3 heterocycles. The lowest BCUT2D eigenvalue weighted by molar-refractivity contribution is 0.264. The molecule has 0 radical (unpaired) electrons. The van der Waals surface area contributed by atoms with E-state index in [9.17, 15) is 0 Å². The Kier molecular flexibility index (Phi) is 5.14. The fraction of sp³-hybridized carbons (Fsp3) is 0.444. The summed E-state index contributed by atoms with van der Waals surface area (Å²) in [6, 6.07) is 11.6. The van der Waals surface area contributed by atoms with Crippen molar-refractivity contribution in [3.63, 3.8) is 0 Å². The number of rotatable bonds is 5. The molecule has 0 amide bonds. The summed E-state index contributed by atoms with van der Waals surface area (Å²) in [7, 11) is 2.20. The molecule has 164 valence electrons. The van der Waals surface area contributed by atoms with Crippen LogP contribution >= 0.6 is 0 Å². The minimum absolute atomic E-state index is 0.470. The van der Waals surface area contributed by atoms with Gasteiger partial charge >= 0.3 is 0 Å². The fourth-order valence-electron chi connectivity index (χ4n) is 5.32. The highest BCUT2D eigenvalue weighted by atomic mass is 15.1. The van der Waals surface area contributed by atoms with Crippen molar-refractivity contribution in [2.45, 2.75) is 51.0 Å². The molecule has 1 aliphatic heterocycles. The van der Waals surface area contributed by atoms with Gasteiger partial charge in [0.2, 0.25) is 0 Å². The van der Waals surface area contributed by atoms with E-state index < -0.39 is 0 Å². The van der Waals surface area contributed by atoms with Crippen LogP contribution in [0.3, 0.4) is 0 Å². The standard InChI is InChI=1S/C27H31N5/c1-32-13-11-20(12-14-32)31-27-24-16-19(5-9-25(24)28-17-29-27)22-8-10-26-23(22)7-6-21(30-26)15-18-3-2-4-18/h5-9,16-18,20H,2-4,10-15H2,1H3,(H,28,29,31). The van der Waals surface area contributed by atoms with Crippen molar-refractivity contribution in [2.75, 3.05) is 25.5 Å². The highest BCUT2D eigenvalue weighted by Crippen LogP contribution is 2.35. The van der Waals surface area contributed by atoms with Crippen molar-refractivity contribution in [2.24, 2.45) is 5.92 Å². The Labute approximate surface area is 190 Å². The van der Waals surface area contributed by atoms with Crippen LogP contribution in [0.25, 0.3) is 16.5 Å². The van der Waals surface area contributed by atoms with Crippen molar-refractivity contribution >= 4 is 22.3 Å². The predicted molar refractivity (Wildman–Crippen MR) is 130 cm³/mol. The molecule has 3 aromatic rings. The lowest BCUT2D eigenvalue weighted by Gasteiger charge is -2.30. The van der Waals surface area contributed by atoms with Crippen LogP contribution in [-0.4, -0.2) is 46.0 Å². The van der Waals surface area contributed by atoms with Crippen molar-refractivity contribution in [3.05, 3.63) is 65.2 Å². The molecule has 0 bridgehead atoms. The molecule has 6 rings (SSSR count). The van der Waals surface area contributed by atoms with Crippen LogP contribution in [0.5, 0.6) is 0 Å². The van der Waals surface area contributed by atoms with E-state index in [1.165, 1.54) is 47.4 Å². The van der Waals surface area contributed by atoms with Gasteiger partial charge in [0, 0.05) is 29.1 Å². The van der Waals surface area contributed by atoms with Gasteiger partial charge in [0.05, 0.1) is 11.2 Å². The maximum Gasteiger partial charge on any atom is 0.137 e. The van der Waals surface area contributed by atoms with Crippen LogP contribution in [-0.2, 0) is 12.8 Å². The summed E-state index contributed by atoms with van der Waals surface area (Å²) >= 11 is 0. The van der Waals surface area contributed by atoms with Crippen LogP contribution in [0.1, 0.15) is 54.6 Å². The number of anilines is 1. The smallest absolute Gasteiger partial charge is 0.137 e. The monoisotopic (exact) mass is 425 g/mol. The van der Waals surface area contributed by atoms with Crippen LogP contribution in [0, 0.1) is 5.92 Å². The molecule has 1 aromatic carbocycles. The van der Waals surface area contributed by atoms with Crippen molar-refractivity contribution in [1.29, 1.82) is 0 Å². The molecule has 1 saturated carbocycles. The maximum absolute atomic E-state index is 5.02. The Bertz CT molecular complexity index is 1170. The molecular weight excluding hydrogens is 394 g/mol. The molecular formula is C27H31N5. The summed E-state index contributed by atoms with van der Waals surface area (Å²) in [5, 5.41) is 4.81. The van der Waals surface area contributed by atoms with Crippen molar-refractivity contribution in [3.8, 4) is 0 Å². The lowest BCUT2D eigenvalue weighted by Crippen LogP contribution is -2.36. The number of benzene rings is 1. The van der Waals surface area contributed by atoms with Crippen molar-refractivity contribution in [1.82, 2.24) is 19.9 Å². The Balaban J connectivity index is 1.27. The van der Waals surface area contributed by atoms with E-state index in [-0.39, 0.29) is 0 Å². The number of hydrogen-bond donors (Lipinski definition) is 1. The number of aromatic nitrogens is 3. The van der Waals surface area contributed by atoms with E-state index in [2.05, 4.69) is 63.6 Å². The van der Waals surface area contributed by atoms with Crippen molar-refractivity contribution < 1.29 is 0 Å². The zero-order valence-electron chi connectivity index (χ0n) is 18.8. The summed E-state index contributed by atoms with van der Waals surface area (Å²) in [6.07, 6.45) is 12.5. The zero-order chi connectivity index (χ0) is 21.5. The van der Waals surface area contributed by atoms with Gasteiger partial charge in [-0.25, -0.2) is 9.97 Å². The van der Waals surface area contributed by atoms with E-state index in [4.69, 9.17) is 4.98 Å². The van der Waals surface area contributed by atoms with Gasteiger partial charge in [-0.3, -0.25) is 4.98 Å². The quantitative estimate of drug-likeness (QED) is 0.633. The summed E-state index contributed by atoms with van der Waals surface area (Å²) in [5.74, 6) is 1.81. The third-order valence-electron chi connectivity index (χ3n) is 7.55. The first kappa shape index (κ1) is 19.9. The average molecular weight is 426 g/mol. The van der Waals surface area contributed by atoms with Gasteiger partial charge in [-0.2, -0.15) is 0 Å². The minimum Gasteiger partial charge on any atom is -0.367 e. The molecule has 5 nitrogen and oxygen atoms in total. The maximum atomic E-state index is 5.02. The normalized spacial score (nSPS) is 19.6. The number of fused-ring (bicyclic) bond motifs is 2. The van der Waals surface area contributed by atoms with Gasteiger partial charge in [-0.1, -0.05) is 37.5 Å². The van der Waals surface area contributed by atoms with Crippen LogP contribution in [0.2, 0.25) is 0 Å². The molecule has 5 heteroatoms. The van der Waals surface area contributed by atoms with E-state index in [1.54, 1.807) is 6.33 Å². The van der Waals surface area contributed by atoms with Crippen LogP contribution < -0.4 is 5.32 Å². The first-order valence-corrected chi connectivity index (χ1v) is 12.1. The SMILES string of the molecule is CN1CCC(Nc2ncnc3ccc(C4=CCc5nc(CC6CCC6)ccc54)cc23)CC1. The van der Waals surface area contributed by atoms with E-state index in [0.29, 0.717) is 6.04 Å². The number of allylic oxidation sites excluding steroid dienone is 1. The van der Waals surface area contributed by atoms with Crippen LogP contribution in [0.4, 0.5) is 5.82 Å². The number of nitrogens with zero attached hydrogens (tertiary/aromatic N) is 4. The van der Waals surface area contributed by atoms with Crippen LogP contribution in [0.15, 0.2) is 42.7 Å². The van der Waals surface area contributed by atoms with E-state index in [1.807, 2.05) is 0 Å². The summed E-state index contributed by atoms with van der Waals surface area (Å²) in [4.78, 5) is 16.6. The van der Waals surface area contributed by atoms with Gasteiger partial charge in [-0.15, -0.1) is 0 Å². The Morgan fingerprint density at radius 2 is 1.91 bits per heavy atom.